The number of aromatic nitrogens is 1. The number of hydrogen-bond acceptors (Lipinski definition) is 4. The van der Waals surface area contributed by atoms with Crippen molar-refractivity contribution in [3.8, 4) is 11.4 Å². The van der Waals surface area contributed by atoms with E-state index in [1.807, 2.05) is 39.8 Å². The van der Waals surface area contributed by atoms with Crippen molar-refractivity contribution in [2.45, 2.75) is 38.9 Å². The molecular formula is C22H23BFNO4. The molecule has 0 radical (unpaired) electrons. The molecule has 1 saturated heterocycles. The fraction of sp³-hybridized carbons (Fsp3) is 0.318. The van der Waals surface area contributed by atoms with Gasteiger partial charge < -0.3 is 14.0 Å². The van der Waals surface area contributed by atoms with Crippen molar-refractivity contribution in [2.24, 2.45) is 0 Å². The Morgan fingerprint density at radius 3 is 2.17 bits per heavy atom. The van der Waals surface area contributed by atoms with Gasteiger partial charge in [0, 0.05) is 11.1 Å². The predicted octanol–water partition coefficient (Wildman–Crippen LogP) is 3.44. The van der Waals surface area contributed by atoms with Crippen LogP contribution in [-0.4, -0.2) is 30.0 Å². The van der Waals surface area contributed by atoms with Gasteiger partial charge in [0.15, 0.2) is 0 Å². The maximum absolute atomic E-state index is 13.3. The SMILES string of the molecule is COc1cn(-c2ccc(F)cc2)c(=O)c2cc(B3OC(C)(C)C(C)(C)O3)ccc12. The molecule has 0 N–H and O–H groups in total. The van der Waals surface area contributed by atoms with Crippen LogP contribution in [0.2, 0.25) is 0 Å². The zero-order valence-corrected chi connectivity index (χ0v) is 17.2. The average molecular weight is 395 g/mol. The standard InChI is InChI=1S/C22H23BFNO4/c1-21(2)22(3,4)29-23(28-21)14-6-11-17-18(12-14)20(26)25(13-19(17)27-5)16-9-7-15(24)8-10-16/h6-13H,1-5H3. The summed E-state index contributed by atoms with van der Waals surface area (Å²) in [4.78, 5) is 13.2. The molecule has 0 unspecified atom stereocenters. The van der Waals surface area contributed by atoms with Crippen LogP contribution in [0.3, 0.4) is 0 Å². The average Bonchev–Trinajstić information content (AvgIpc) is 2.90. The first-order valence-corrected chi connectivity index (χ1v) is 9.48. The smallest absolute Gasteiger partial charge is 0.494 e. The van der Waals surface area contributed by atoms with Crippen molar-refractivity contribution >= 4 is 23.4 Å². The Bertz CT molecular complexity index is 1120. The lowest BCUT2D eigenvalue weighted by molar-refractivity contribution is 0.00578. The van der Waals surface area contributed by atoms with E-state index in [1.165, 1.54) is 16.7 Å². The number of methoxy groups -OCH3 is 1. The number of nitrogens with zero attached hydrogens (tertiary/aromatic N) is 1. The normalized spacial score (nSPS) is 17.7. The zero-order valence-electron chi connectivity index (χ0n) is 17.2. The summed E-state index contributed by atoms with van der Waals surface area (Å²) < 4.78 is 32.5. The molecule has 0 atom stereocenters. The quantitative estimate of drug-likeness (QED) is 0.638. The van der Waals surface area contributed by atoms with Crippen molar-refractivity contribution < 1.29 is 18.4 Å². The van der Waals surface area contributed by atoms with E-state index in [4.69, 9.17) is 14.0 Å². The highest BCUT2D eigenvalue weighted by molar-refractivity contribution is 6.62. The summed E-state index contributed by atoms with van der Waals surface area (Å²) in [6, 6.07) is 11.3. The van der Waals surface area contributed by atoms with Crippen molar-refractivity contribution in [1.29, 1.82) is 0 Å². The van der Waals surface area contributed by atoms with Gasteiger partial charge in [0.1, 0.15) is 11.6 Å². The van der Waals surface area contributed by atoms with Crippen molar-refractivity contribution in [3.63, 3.8) is 0 Å². The minimum atomic E-state index is -0.575. The maximum Gasteiger partial charge on any atom is 0.494 e. The van der Waals surface area contributed by atoms with E-state index in [1.54, 1.807) is 31.5 Å². The van der Waals surface area contributed by atoms with Gasteiger partial charge in [-0.3, -0.25) is 9.36 Å². The molecule has 1 aliphatic heterocycles. The second kappa shape index (κ2) is 6.71. The molecule has 0 saturated carbocycles. The summed E-state index contributed by atoms with van der Waals surface area (Å²) in [6.45, 7) is 7.94. The maximum atomic E-state index is 13.3. The van der Waals surface area contributed by atoms with Gasteiger partial charge in [-0.05, 0) is 63.5 Å². The van der Waals surface area contributed by atoms with Crippen LogP contribution in [-0.2, 0) is 9.31 Å². The summed E-state index contributed by atoms with van der Waals surface area (Å²) in [5.41, 5.74) is 0.125. The molecule has 0 spiro atoms. The molecule has 2 aromatic carbocycles. The number of pyridine rings is 1. The molecule has 3 aromatic rings. The summed E-state index contributed by atoms with van der Waals surface area (Å²) >= 11 is 0. The second-order valence-corrected chi connectivity index (χ2v) is 8.24. The highest BCUT2D eigenvalue weighted by Crippen LogP contribution is 2.36. The van der Waals surface area contributed by atoms with Crippen LogP contribution in [0.15, 0.2) is 53.5 Å². The van der Waals surface area contributed by atoms with Crippen molar-refractivity contribution in [2.75, 3.05) is 7.11 Å². The van der Waals surface area contributed by atoms with Gasteiger partial charge >= 0.3 is 7.12 Å². The lowest BCUT2D eigenvalue weighted by atomic mass is 9.78. The van der Waals surface area contributed by atoms with Crippen molar-refractivity contribution in [3.05, 3.63) is 64.8 Å². The zero-order chi connectivity index (χ0) is 21.0. The Morgan fingerprint density at radius 2 is 1.59 bits per heavy atom. The first-order valence-electron chi connectivity index (χ1n) is 9.48. The molecule has 1 fully saturated rings. The number of rotatable bonds is 3. The fourth-order valence-electron chi connectivity index (χ4n) is 3.41. The Morgan fingerprint density at radius 1 is 0.966 bits per heavy atom. The van der Waals surface area contributed by atoms with E-state index in [9.17, 15) is 9.18 Å². The molecule has 29 heavy (non-hydrogen) atoms. The Balaban J connectivity index is 1.87. The van der Waals surface area contributed by atoms with Gasteiger partial charge in [-0.2, -0.15) is 0 Å². The minimum Gasteiger partial charge on any atom is -0.495 e. The van der Waals surface area contributed by atoms with Gasteiger partial charge in [-0.25, -0.2) is 4.39 Å². The van der Waals surface area contributed by atoms with E-state index < -0.39 is 18.3 Å². The number of ether oxygens (including phenoxy) is 1. The van der Waals surface area contributed by atoms with E-state index >= 15 is 0 Å². The van der Waals surface area contributed by atoms with Gasteiger partial charge in [0.2, 0.25) is 0 Å². The molecule has 5 nitrogen and oxygen atoms in total. The van der Waals surface area contributed by atoms with Gasteiger partial charge in [0.25, 0.3) is 5.56 Å². The third kappa shape index (κ3) is 3.24. The highest BCUT2D eigenvalue weighted by atomic mass is 19.1. The number of fused-ring (bicyclic) bond motifs is 1. The topological polar surface area (TPSA) is 49.7 Å². The molecule has 1 aliphatic rings. The molecule has 4 rings (SSSR count). The highest BCUT2D eigenvalue weighted by Gasteiger charge is 2.51. The van der Waals surface area contributed by atoms with Crippen LogP contribution >= 0.6 is 0 Å². The Kier molecular flexibility index (Phi) is 4.55. The van der Waals surface area contributed by atoms with Crippen LogP contribution in [0.5, 0.6) is 5.75 Å². The third-order valence-electron chi connectivity index (χ3n) is 5.85. The number of benzene rings is 2. The van der Waals surface area contributed by atoms with Crippen LogP contribution in [0.1, 0.15) is 27.7 Å². The molecule has 150 valence electrons. The lowest BCUT2D eigenvalue weighted by Gasteiger charge is -2.32. The summed E-state index contributed by atoms with van der Waals surface area (Å²) in [7, 11) is 0.977. The van der Waals surface area contributed by atoms with E-state index in [2.05, 4.69) is 0 Å². The molecule has 1 aromatic heterocycles. The minimum absolute atomic E-state index is 0.231. The van der Waals surface area contributed by atoms with Crippen molar-refractivity contribution in [1.82, 2.24) is 4.57 Å². The van der Waals surface area contributed by atoms with Gasteiger partial charge in [0.05, 0.1) is 29.9 Å². The van der Waals surface area contributed by atoms with Crippen LogP contribution < -0.4 is 15.8 Å². The summed E-state index contributed by atoms with van der Waals surface area (Å²) in [5, 5.41) is 1.16. The number of halogens is 1. The fourth-order valence-corrected chi connectivity index (χ4v) is 3.41. The monoisotopic (exact) mass is 395 g/mol. The van der Waals surface area contributed by atoms with Crippen LogP contribution in [0, 0.1) is 5.82 Å². The summed E-state index contributed by atoms with van der Waals surface area (Å²) in [6.07, 6.45) is 1.62. The Labute approximate surface area is 169 Å². The molecule has 7 heteroatoms. The lowest BCUT2D eigenvalue weighted by Crippen LogP contribution is -2.41. The molecule has 0 bridgehead atoms. The summed E-state index contributed by atoms with van der Waals surface area (Å²) in [5.74, 6) is 0.182. The predicted molar refractivity (Wildman–Crippen MR) is 112 cm³/mol. The van der Waals surface area contributed by atoms with E-state index in [0.717, 1.165) is 5.46 Å². The van der Waals surface area contributed by atoms with Crippen LogP contribution in [0.25, 0.3) is 16.5 Å². The van der Waals surface area contributed by atoms with Gasteiger partial charge in [-0.1, -0.05) is 12.1 Å². The second-order valence-electron chi connectivity index (χ2n) is 8.24. The first-order chi connectivity index (χ1) is 13.6. The van der Waals surface area contributed by atoms with Crippen LogP contribution in [0.4, 0.5) is 4.39 Å². The molecule has 2 heterocycles. The molecule has 0 amide bonds. The molecule has 0 aliphatic carbocycles. The first kappa shape index (κ1) is 19.7. The number of hydrogen-bond donors (Lipinski definition) is 0. The van der Waals surface area contributed by atoms with E-state index in [-0.39, 0.29) is 11.4 Å². The van der Waals surface area contributed by atoms with Gasteiger partial charge in [-0.15, -0.1) is 0 Å². The largest absolute Gasteiger partial charge is 0.495 e. The third-order valence-corrected chi connectivity index (χ3v) is 5.85. The molecular weight excluding hydrogens is 372 g/mol. The Hall–Kier alpha value is -2.64. The van der Waals surface area contributed by atoms with E-state index in [0.29, 0.717) is 22.2 Å².